The Hall–Kier alpha value is -3.37. The summed E-state index contributed by atoms with van der Waals surface area (Å²) >= 11 is 2.91. The molecule has 0 radical (unpaired) electrons. The fraction of sp³-hybridized carbons (Fsp3) is 0.150. The lowest BCUT2D eigenvalue weighted by Crippen LogP contribution is -2.17. The van der Waals surface area contributed by atoms with E-state index in [1.165, 1.54) is 24.5 Å². The second-order valence-electron chi connectivity index (χ2n) is 6.41. The maximum atomic E-state index is 12.7. The van der Waals surface area contributed by atoms with Crippen LogP contribution < -0.4 is 10.6 Å². The van der Waals surface area contributed by atoms with Gasteiger partial charge in [0, 0.05) is 23.4 Å². The van der Waals surface area contributed by atoms with E-state index < -0.39 is 0 Å². The number of rotatable bonds is 6. The normalized spacial score (nSPS) is 10.7. The van der Waals surface area contributed by atoms with Crippen LogP contribution in [0.4, 0.5) is 5.13 Å². The van der Waals surface area contributed by atoms with Gasteiger partial charge in [-0.3, -0.25) is 14.9 Å². The fourth-order valence-electron chi connectivity index (χ4n) is 2.77. The van der Waals surface area contributed by atoms with Crippen LogP contribution >= 0.6 is 22.7 Å². The van der Waals surface area contributed by atoms with Gasteiger partial charge in [0.05, 0.1) is 34.6 Å². The van der Waals surface area contributed by atoms with Crippen molar-refractivity contribution in [3.05, 3.63) is 64.2 Å². The van der Waals surface area contributed by atoms with E-state index in [1.54, 1.807) is 22.2 Å². The van der Waals surface area contributed by atoms with Gasteiger partial charge in [-0.1, -0.05) is 6.07 Å². The van der Waals surface area contributed by atoms with Crippen LogP contribution in [0.3, 0.4) is 0 Å². The Balaban J connectivity index is 1.46. The summed E-state index contributed by atoms with van der Waals surface area (Å²) in [6.45, 7) is 3.81. The number of hydrogen-bond donors (Lipinski definition) is 2. The van der Waals surface area contributed by atoms with Crippen molar-refractivity contribution in [2.75, 3.05) is 5.32 Å². The molecule has 4 heterocycles. The van der Waals surface area contributed by atoms with Crippen molar-refractivity contribution in [2.24, 2.45) is 0 Å². The van der Waals surface area contributed by atoms with E-state index in [-0.39, 0.29) is 11.8 Å². The second kappa shape index (κ2) is 8.56. The van der Waals surface area contributed by atoms with Crippen LogP contribution in [0.5, 0.6) is 0 Å². The van der Waals surface area contributed by atoms with Crippen molar-refractivity contribution in [2.45, 2.75) is 20.4 Å². The number of carbonyl (C=O) groups is 2. The Morgan fingerprint density at radius 2 is 2.07 bits per heavy atom. The molecule has 0 spiro atoms. The van der Waals surface area contributed by atoms with Crippen molar-refractivity contribution < 1.29 is 9.59 Å². The van der Waals surface area contributed by atoms with Gasteiger partial charge < -0.3 is 5.32 Å². The number of hydrogen-bond acceptors (Lipinski definition) is 7. The first-order valence-corrected chi connectivity index (χ1v) is 10.8. The molecule has 0 aliphatic carbocycles. The van der Waals surface area contributed by atoms with Crippen LogP contribution in [0.15, 0.2) is 48.1 Å². The highest BCUT2D eigenvalue weighted by molar-refractivity contribution is 7.17. The molecule has 4 aromatic rings. The molecule has 0 bridgehead atoms. The summed E-state index contributed by atoms with van der Waals surface area (Å²) in [4.78, 5) is 34.6. The largest absolute Gasteiger partial charge is 0.351 e. The van der Waals surface area contributed by atoms with E-state index in [0.717, 1.165) is 15.4 Å². The van der Waals surface area contributed by atoms with Crippen LogP contribution in [-0.2, 0) is 11.3 Å². The summed E-state index contributed by atoms with van der Waals surface area (Å²) in [5.41, 5.74) is 1.95. The van der Waals surface area contributed by atoms with Gasteiger partial charge in [0.15, 0.2) is 10.9 Å². The minimum Gasteiger partial charge on any atom is -0.351 e. The zero-order chi connectivity index (χ0) is 21.1. The molecule has 4 aromatic heterocycles. The predicted octanol–water partition coefficient (Wildman–Crippen LogP) is 3.65. The molecule has 0 saturated carbocycles. The zero-order valence-corrected chi connectivity index (χ0v) is 17.9. The molecule has 4 rings (SSSR count). The molecule has 152 valence electrons. The van der Waals surface area contributed by atoms with E-state index in [0.29, 0.717) is 28.8 Å². The fourth-order valence-corrected chi connectivity index (χ4v) is 4.46. The van der Waals surface area contributed by atoms with E-state index >= 15 is 0 Å². The molecule has 0 atom stereocenters. The third kappa shape index (κ3) is 4.29. The Kier molecular flexibility index (Phi) is 5.68. The van der Waals surface area contributed by atoms with Crippen LogP contribution in [0.1, 0.15) is 27.9 Å². The van der Waals surface area contributed by atoms with Crippen LogP contribution in [0, 0.1) is 6.92 Å². The molecular weight excluding hydrogens is 420 g/mol. The molecule has 2 amide bonds. The van der Waals surface area contributed by atoms with Crippen LogP contribution in [0.2, 0.25) is 0 Å². The zero-order valence-electron chi connectivity index (χ0n) is 16.2. The molecule has 0 fully saturated rings. The number of thiophene rings is 1. The molecule has 2 N–H and O–H groups in total. The Morgan fingerprint density at radius 1 is 1.20 bits per heavy atom. The first kappa shape index (κ1) is 19.9. The number of carbonyl (C=O) groups excluding carboxylic acids is 2. The molecule has 0 unspecified atom stereocenters. The Labute approximate surface area is 180 Å². The highest BCUT2D eigenvalue weighted by Crippen LogP contribution is 2.31. The van der Waals surface area contributed by atoms with Gasteiger partial charge >= 0.3 is 0 Å². The standard InChI is InChI=1S/C20H18N6O2S2/c1-12-15(10-23-26(12)18-5-3-4-8-21-18)19(28)25-20-24-16(11-29-20)17-7-6-14(30-17)9-22-13(2)27/h3-8,10-11H,9H2,1-2H3,(H,22,27)(H,24,25,28). The summed E-state index contributed by atoms with van der Waals surface area (Å²) < 4.78 is 1.63. The third-order valence-corrected chi connectivity index (χ3v) is 6.14. The minimum absolute atomic E-state index is 0.0646. The van der Waals surface area contributed by atoms with Gasteiger partial charge in [0.2, 0.25) is 5.91 Å². The lowest BCUT2D eigenvalue weighted by atomic mass is 10.2. The first-order valence-electron chi connectivity index (χ1n) is 9.07. The van der Waals surface area contributed by atoms with Crippen LogP contribution in [-0.4, -0.2) is 31.6 Å². The average molecular weight is 439 g/mol. The number of nitrogens with one attached hydrogen (secondary N) is 2. The van der Waals surface area contributed by atoms with Crippen molar-refractivity contribution in [1.29, 1.82) is 0 Å². The first-order chi connectivity index (χ1) is 14.5. The number of thiazole rings is 1. The van der Waals surface area contributed by atoms with Gasteiger partial charge in [0.1, 0.15) is 0 Å². The number of anilines is 1. The molecule has 8 nitrogen and oxygen atoms in total. The average Bonchev–Trinajstić information content (AvgIpc) is 3.46. The van der Waals surface area contributed by atoms with E-state index in [9.17, 15) is 9.59 Å². The smallest absolute Gasteiger partial charge is 0.260 e. The number of amides is 2. The van der Waals surface area contributed by atoms with Gasteiger partial charge in [0.25, 0.3) is 5.91 Å². The monoisotopic (exact) mass is 438 g/mol. The molecular formula is C20H18N6O2S2. The van der Waals surface area contributed by atoms with Crippen molar-refractivity contribution >= 4 is 39.6 Å². The summed E-state index contributed by atoms with van der Waals surface area (Å²) in [7, 11) is 0. The minimum atomic E-state index is -0.270. The van der Waals surface area contributed by atoms with E-state index in [2.05, 4.69) is 25.7 Å². The summed E-state index contributed by atoms with van der Waals surface area (Å²) in [6.07, 6.45) is 3.21. The van der Waals surface area contributed by atoms with Gasteiger partial charge in [-0.25, -0.2) is 14.6 Å². The number of pyridine rings is 1. The highest BCUT2D eigenvalue weighted by Gasteiger charge is 2.17. The second-order valence-corrected chi connectivity index (χ2v) is 8.44. The summed E-state index contributed by atoms with van der Waals surface area (Å²) in [5.74, 6) is 0.316. The van der Waals surface area contributed by atoms with Crippen LogP contribution in [0.25, 0.3) is 16.4 Å². The molecule has 0 aromatic carbocycles. The number of aromatic nitrogens is 4. The highest BCUT2D eigenvalue weighted by atomic mass is 32.1. The maximum absolute atomic E-state index is 12.7. The van der Waals surface area contributed by atoms with E-state index in [1.807, 2.05) is 42.6 Å². The maximum Gasteiger partial charge on any atom is 0.260 e. The predicted molar refractivity (Wildman–Crippen MR) is 117 cm³/mol. The SMILES string of the molecule is CC(=O)NCc1ccc(-c2csc(NC(=O)c3cnn(-c4ccccn4)c3C)n2)s1. The van der Waals surface area contributed by atoms with Gasteiger partial charge in [-0.2, -0.15) is 5.10 Å². The third-order valence-electron chi connectivity index (χ3n) is 4.27. The topological polar surface area (TPSA) is 102 Å². The molecule has 10 heteroatoms. The molecule has 0 aliphatic rings. The molecule has 30 heavy (non-hydrogen) atoms. The van der Waals surface area contributed by atoms with Gasteiger partial charge in [-0.15, -0.1) is 22.7 Å². The Morgan fingerprint density at radius 3 is 2.83 bits per heavy atom. The van der Waals surface area contributed by atoms with E-state index in [4.69, 9.17) is 0 Å². The summed E-state index contributed by atoms with van der Waals surface area (Å²) in [5, 5.41) is 12.3. The van der Waals surface area contributed by atoms with Crippen molar-refractivity contribution in [3.63, 3.8) is 0 Å². The lowest BCUT2D eigenvalue weighted by Gasteiger charge is -2.04. The molecule has 0 aliphatic heterocycles. The number of nitrogens with zero attached hydrogens (tertiary/aromatic N) is 4. The van der Waals surface area contributed by atoms with Crippen molar-refractivity contribution in [1.82, 2.24) is 25.1 Å². The summed E-state index contributed by atoms with van der Waals surface area (Å²) in [6, 6.07) is 9.45. The lowest BCUT2D eigenvalue weighted by molar-refractivity contribution is -0.119. The van der Waals surface area contributed by atoms with Crippen molar-refractivity contribution in [3.8, 4) is 16.4 Å². The van der Waals surface area contributed by atoms with Gasteiger partial charge in [-0.05, 0) is 31.2 Å². The molecule has 0 saturated heterocycles. The Bertz CT molecular complexity index is 1200. The quantitative estimate of drug-likeness (QED) is 0.478.